The normalized spacial score (nSPS) is 26.7. The molecular formula is C15H18N2O2S. The number of para-hydroxylation sites is 2. The van der Waals surface area contributed by atoms with Crippen LogP contribution in [0.25, 0.3) is 0 Å². The van der Waals surface area contributed by atoms with Crippen molar-refractivity contribution in [3.63, 3.8) is 0 Å². The summed E-state index contributed by atoms with van der Waals surface area (Å²) < 4.78 is 5.51. The molecule has 0 bridgehead atoms. The third-order valence-corrected chi connectivity index (χ3v) is 4.34. The van der Waals surface area contributed by atoms with Crippen LogP contribution in [0.2, 0.25) is 0 Å². The highest BCUT2D eigenvalue weighted by molar-refractivity contribution is 7.80. The average Bonchev–Trinajstić information content (AvgIpc) is 2.91. The van der Waals surface area contributed by atoms with Crippen LogP contribution in [0.5, 0.6) is 5.75 Å². The fraction of sp³-hybridized carbons (Fsp3) is 0.467. The van der Waals surface area contributed by atoms with Crippen molar-refractivity contribution in [3.8, 4) is 5.75 Å². The Labute approximate surface area is 123 Å². The Balaban J connectivity index is 1.64. The lowest BCUT2D eigenvalue weighted by atomic mass is 10.1. The molecule has 1 aromatic carbocycles. The van der Waals surface area contributed by atoms with Gasteiger partial charge in [0, 0.05) is 5.92 Å². The predicted octanol–water partition coefficient (Wildman–Crippen LogP) is 2.34. The van der Waals surface area contributed by atoms with Gasteiger partial charge in [-0.25, -0.2) is 0 Å². The Morgan fingerprint density at radius 1 is 1.35 bits per heavy atom. The standard InChI is InChI=1S/C15H18N2O2S/c16-13(20)8-19-12-7-2-1-6-11(12)17-15(18)14-9-4-3-5-10(9)14/h1-2,6-7,9-10,14H,3-5,8H2,(H2,16,20)(H,17,18). The molecular weight excluding hydrogens is 272 g/mol. The number of amides is 1. The molecule has 0 aromatic heterocycles. The van der Waals surface area contributed by atoms with Crippen molar-refractivity contribution >= 4 is 28.8 Å². The van der Waals surface area contributed by atoms with E-state index in [1.54, 1.807) is 0 Å². The van der Waals surface area contributed by atoms with Crippen LogP contribution in [0.15, 0.2) is 24.3 Å². The highest BCUT2D eigenvalue weighted by atomic mass is 32.1. The molecule has 1 amide bonds. The zero-order valence-corrected chi connectivity index (χ0v) is 12.0. The van der Waals surface area contributed by atoms with E-state index in [4.69, 9.17) is 22.7 Å². The summed E-state index contributed by atoms with van der Waals surface area (Å²) in [6.45, 7) is 0.177. The minimum Gasteiger partial charge on any atom is -0.484 e. The van der Waals surface area contributed by atoms with Gasteiger partial charge in [0.2, 0.25) is 5.91 Å². The number of ether oxygens (including phenoxy) is 1. The monoisotopic (exact) mass is 290 g/mol. The minimum absolute atomic E-state index is 0.117. The van der Waals surface area contributed by atoms with Gasteiger partial charge in [0.25, 0.3) is 0 Å². The lowest BCUT2D eigenvalue weighted by Gasteiger charge is -2.12. The number of fused-ring (bicyclic) bond motifs is 1. The number of thiocarbonyl (C=S) groups is 1. The van der Waals surface area contributed by atoms with Crippen LogP contribution in [0.1, 0.15) is 19.3 Å². The summed E-state index contributed by atoms with van der Waals surface area (Å²) in [5.41, 5.74) is 6.12. The largest absolute Gasteiger partial charge is 0.484 e. The van der Waals surface area contributed by atoms with Gasteiger partial charge < -0.3 is 15.8 Å². The molecule has 4 nitrogen and oxygen atoms in total. The van der Waals surface area contributed by atoms with Crippen molar-refractivity contribution in [2.75, 3.05) is 11.9 Å². The van der Waals surface area contributed by atoms with Crippen LogP contribution in [-0.4, -0.2) is 17.5 Å². The van der Waals surface area contributed by atoms with E-state index in [9.17, 15) is 4.79 Å². The van der Waals surface area contributed by atoms with Crippen LogP contribution in [0.3, 0.4) is 0 Å². The molecule has 3 rings (SSSR count). The van der Waals surface area contributed by atoms with Crippen molar-refractivity contribution in [2.45, 2.75) is 19.3 Å². The van der Waals surface area contributed by atoms with Crippen LogP contribution < -0.4 is 15.8 Å². The molecule has 1 aromatic rings. The Morgan fingerprint density at radius 2 is 2.05 bits per heavy atom. The van der Waals surface area contributed by atoms with E-state index < -0.39 is 0 Å². The first-order valence-electron chi connectivity index (χ1n) is 6.98. The number of rotatable bonds is 5. The summed E-state index contributed by atoms with van der Waals surface area (Å²) in [7, 11) is 0. The molecule has 2 aliphatic rings. The molecule has 5 heteroatoms. The van der Waals surface area contributed by atoms with Gasteiger partial charge in [-0.15, -0.1) is 0 Å². The number of carbonyl (C=O) groups is 1. The van der Waals surface area contributed by atoms with E-state index in [0.29, 0.717) is 28.3 Å². The molecule has 2 fully saturated rings. The van der Waals surface area contributed by atoms with Crippen LogP contribution in [-0.2, 0) is 4.79 Å². The molecule has 2 unspecified atom stereocenters. The smallest absolute Gasteiger partial charge is 0.228 e. The molecule has 0 spiro atoms. The second kappa shape index (κ2) is 5.40. The maximum Gasteiger partial charge on any atom is 0.228 e. The number of carbonyl (C=O) groups excluding carboxylic acids is 1. The molecule has 106 valence electrons. The second-order valence-corrected chi connectivity index (χ2v) is 6.05. The molecule has 0 aliphatic heterocycles. The molecule has 3 N–H and O–H groups in total. The van der Waals surface area contributed by atoms with Gasteiger partial charge in [-0.1, -0.05) is 30.8 Å². The van der Waals surface area contributed by atoms with Crippen LogP contribution >= 0.6 is 12.2 Å². The van der Waals surface area contributed by atoms with E-state index in [1.165, 1.54) is 19.3 Å². The number of hydrogen-bond acceptors (Lipinski definition) is 3. The highest BCUT2D eigenvalue weighted by Gasteiger charge is 2.56. The summed E-state index contributed by atoms with van der Waals surface area (Å²) >= 11 is 4.80. The topological polar surface area (TPSA) is 64.3 Å². The Morgan fingerprint density at radius 3 is 2.75 bits per heavy atom. The first-order valence-corrected chi connectivity index (χ1v) is 7.38. The van der Waals surface area contributed by atoms with Crippen molar-refractivity contribution in [2.24, 2.45) is 23.5 Å². The number of nitrogens with one attached hydrogen (secondary N) is 1. The molecule has 2 saturated carbocycles. The summed E-state index contributed by atoms with van der Waals surface area (Å²) in [5.74, 6) is 2.15. The molecule has 2 aliphatic carbocycles. The summed E-state index contributed by atoms with van der Waals surface area (Å²) in [6.07, 6.45) is 3.66. The van der Waals surface area contributed by atoms with E-state index in [1.807, 2.05) is 24.3 Å². The number of nitrogens with two attached hydrogens (primary N) is 1. The Hall–Kier alpha value is -1.62. The average molecular weight is 290 g/mol. The highest BCUT2D eigenvalue weighted by Crippen LogP contribution is 2.57. The van der Waals surface area contributed by atoms with Crippen molar-refractivity contribution in [1.82, 2.24) is 0 Å². The van der Waals surface area contributed by atoms with E-state index in [-0.39, 0.29) is 18.4 Å². The van der Waals surface area contributed by atoms with Gasteiger partial charge in [0.1, 0.15) is 17.3 Å². The first kappa shape index (κ1) is 13.4. The van der Waals surface area contributed by atoms with Gasteiger partial charge in [0.05, 0.1) is 5.69 Å². The number of hydrogen-bond donors (Lipinski definition) is 2. The molecule has 2 atom stereocenters. The van der Waals surface area contributed by atoms with Gasteiger partial charge >= 0.3 is 0 Å². The van der Waals surface area contributed by atoms with Gasteiger partial charge in [-0.2, -0.15) is 0 Å². The Bertz CT molecular complexity index is 536. The van der Waals surface area contributed by atoms with E-state index >= 15 is 0 Å². The zero-order chi connectivity index (χ0) is 14.1. The molecule has 0 radical (unpaired) electrons. The van der Waals surface area contributed by atoms with Gasteiger partial charge in [0.15, 0.2) is 0 Å². The van der Waals surface area contributed by atoms with Crippen LogP contribution in [0.4, 0.5) is 5.69 Å². The summed E-state index contributed by atoms with van der Waals surface area (Å²) in [4.78, 5) is 12.6. The Kier molecular flexibility index (Phi) is 3.61. The van der Waals surface area contributed by atoms with E-state index in [2.05, 4.69) is 5.32 Å². The minimum atomic E-state index is 0.117. The maximum atomic E-state index is 12.3. The fourth-order valence-electron chi connectivity index (χ4n) is 3.27. The third kappa shape index (κ3) is 2.63. The zero-order valence-electron chi connectivity index (χ0n) is 11.2. The van der Waals surface area contributed by atoms with Crippen molar-refractivity contribution < 1.29 is 9.53 Å². The fourth-order valence-corrected chi connectivity index (χ4v) is 3.33. The van der Waals surface area contributed by atoms with Crippen molar-refractivity contribution in [3.05, 3.63) is 24.3 Å². The first-order chi connectivity index (χ1) is 9.66. The SMILES string of the molecule is NC(=S)COc1ccccc1NC(=O)C1C2CCCC21. The predicted molar refractivity (Wildman–Crippen MR) is 81.7 cm³/mol. The third-order valence-electron chi connectivity index (χ3n) is 4.22. The molecule has 0 saturated heterocycles. The summed E-state index contributed by atoms with van der Waals surface area (Å²) in [5, 5.41) is 2.98. The number of benzene rings is 1. The molecule has 20 heavy (non-hydrogen) atoms. The van der Waals surface area contributed by atoms with Gasteiger partial charge in [-0.3, -0.25) is 4.79 Å². The maximum absolute atomic E-state index is 12.3. The number of anilines is 1. The van der Waals surface area contributed by atoms with Crippen LogP contribution in [0, 0.1) is 17.8 Å². The lowest BCUT2D eigenvalue weighted by Crippen LogP contribution is -2.20. The second-order valence-electron chi connectivity index (χ2n) is 5.52. The van der Waals surface area contributed by atoms with E-state index in [0.717, 1.165) is 0 Å². The molecule has 0 heterocycles. The lowest BCUT2D eigenvalue weighted by molar-refractivity contribution is -0.118. The van der Waals surface area contributed by atoms with Gasteiger partial charge in [-0.05, 0) is 36.8 Å². The summed E-state index contributed by atoms with van der Waals surface area (Å²) in [6, 6.07) is 7.37. The quantitative estimate of drug-likeness (QED) is 0.817. The van der Waals surface area contributed by atoms with Crippen molar-refractivity contribution in [1.29, 1.82) is 0 Å².